The lowest BCUT2D eigenvalue weighted by atomic mass is 9.93. The molecule has 210 valence electrons. The van der Waals surface area contributed by atoms with Gasteiger partial charge in [-0.1, -0.05) is 6.07 Å². The molecule has 2 aliphatic rings. The Kier molecular flexibility index (Phi) is 6.32. The van der Waals surface area contributed by atoms with E-state index in [-0.39, 0.29) is 29.2 Å². The van der Waals surface area contributed by atoms with Crippen LogP contribution in [0.3, 0.4) is 0 Å². The van der Waals surface area contributed by atoms with E-state index in [4.69, 9.17) is 14.9 Å². The van der Waals surface area contributed by atoms with Crippen LogP contribution in [0.1, 0.15) is 56.7 Å². The van der Waals surface area contributed by atoms with E-state index < -0.39 is 12.3 Å². The smallest absolute Gasteiger partial charge is 0.482 e. The summed E-state index contributed by atoms with van der Waals surface area (Å²) in [7, 11) is 1.54. The fraction of sp³-hybridized carbons (Fsp3) is 0.241. The fourth-order valence-corrected chi connectivity index (χ4v) is 5.10. The number of hydrogen-bond donors (Lipinski definition) is 1. The number of aryl methyl sites for hydroxylation is 1. The molecular weight excluding hydrogens is 538 g/mol. The van der Waals surface area contributed by atoms with Crippen LogP contribution in [-0.2, 0) is 6.42 Å². The maximum atomic E-state index is 13.4. The molecule has 1 atom stereocenters. The van der Waals surface area contributed by atoms with Gasteiger partial charge in [-0.15, -0.1) is 8.78 Å². The minimum absolute atomic E-state index is 0.0762. The van der Waals surface area contributed by atoms with E-state index in [9.17, 15) is 18.4 Å². The third kappa shape index (κ3) is 4.92. The van der Waals surface area contributed by atoms with Crippen molar-refractivity contribution in [1.82, 2.24) is 14.8 Å². The number of nitrogens with zero attached hydrogens (tertiary/aromatic N) is 4. The van der Waals surface area contributed by atoms with Crippen LogP contribution in [0.25, 0.3) is 5.69 Å². The topological polar surface area (TPSA) is 116 Å². The predicted molar refractivity (Wildman–Crippen MR) is 141 cm³/mol. The summed E-state index contributed by atoms with van der Waals surface area (Å²) in [5, 5.41) is 13.9. The highest BCUT2D eigenvalue weighted by Gasteiger charge is 2.43. The van der Waals surface area contributed by atoms with Crippen molar-refractivity contribution >= 4 is 17.6 Å². The zero-order valence-electron chi connectivity index (χ0n) is 22.0. The zero-order chi connectivity index (χ0) is 28.9. The summed E-state index contributed by atoms with van der Waals surface area (Å²) in [6.07, 6.45) is -0.316. The van der Waals surface area contributed by atoms with Crippen LogP contribution in [0.5, 0.6) is 17.2 Å². The van der Waals surface area contributed by atoms with Crippen LogP contribution < -0.4 is 19.1 Å². The first-order chi connectivity index (χ1) is 19.6. The minimum atomic E-state index is -3.75. The molecule has 1 N–H and O–H groups in total. The molecule has 0 unspecified atom stereocenters. The maximum Gasteiger partial charge on any atom is 0.586 e. The summed E-state index contributed by atoms with van der Waals surface area (Å²) in [6.45, 7) is 1.92. The fourth-order valence-electron chi connectivity index (χ4n) is 5.10. The van der Waals surface area contributed by atoms with Gasteiger partial charge in [0.15, 0.2) is 11.5 Å². The summed E-state index contributed by atoms with van der Waals surface area (Å²) in [4.78, 5) is 29.9. The molecule has 1 aliphatic carbocycles. The molecule has 6 rings (SSSR count). The number of carbonyl (C=O) groups excluding carboxylic acids is 1. The van der Waals surface area contributed by atoms with Crippen LogP contribution in [0.15, 0.2) is 60.8 Å². The molecule has 1 aliphatic heterocycles. The first-order valence-electron chi connectivity index (χ1n) is 12.8. The van der Waals surface area contributed by atoms with Crippen molar-refractivity contribution in [2.24, 2.45) is 0 Å². The minimum Gasteiger partial charge on any atom is -0.482 e. The van der Waals surface area contributed by atoms with E-state index in [2.05, 4.69) is 14.5 Å². The molecule has 1 amide bonds. The van der Waals surface area contributed by atoms with Crippen molar-refractivity contribution in [3.05, 3.63) is 89.0 Å². The predicted octanol–water partition coefficient (Wildman–Crippen LogP) is 5.33. The molecule has 12 heteroatoms. The third-order valence-corrected chi connectivity index (χ3v) is 7.07. The van der Waals surface area contributed by atoms with Crippen LogP contribution >= 0.6 is 0 Å². The Morgan fingerprint density at radius 3 is 2.68 bits per heavy atom. The number of benzene rings is 2. The van der Waals surface area contributed by atoms with E-state index in [1.807, 2.05) is 13.0 Å². The Hall–Kier alpha value is -5.00. The average molecular weight is 563 g/mol. The van der Waals surface area contributed by atoms with Crippen LogP contribution in [0, 0.1) is 6.92 Å². The van der Waals surface area contributed by atoms with Crippen molar-refractivity contribution in [1.29, 1.82) is 0 Å². The number of anilines is 1. The molecule has 0 saturated carbocycles. The molecule has 0 bridgehead atoms. The molecule has 3 heterocycles. The molecule has 2 aromatic heterocycles. The summed E-state index contributed by atoms with van der Waals surface area (Å²) in [6, 6.07) is 14.1. The number of pyridine rings is 1. The number of aromatic nitrogens is 3. The number of carboxylic acids is 1. The lowest BCUT2D eigenvalue weighted by Gasteiger charge is -2.25. The first-order valence-corrected chi connectivity index (χ1v) is 12.8. The number of rotatable bonds is 6. The van der Waals surface area contributed by atoms with Gasteiger partial charge in [0.05, 0.1) is 23.3 Å². The summed E-state index contributed by atoms with van der Waals surface area (Å²) in [5.41, 5.74) is 4.04. The highest BCUT2D eigenvalue weighted by molar-refractivity contribution is 6.06. The molecule has 0 spiro atoms. The number of aromatic carboxylic acids is 1. The number of ether oxygens (including phenoxy) is 3. The highest BCUT2D eigenvalue weighted by atomic mass is 19.3. The van der Waals surface area contributed by atoms with Gasteiger partial charge in [-0.3, -0.25) is 4.79 Å². The lowest BCUT2D eigenvalue weighted by Crippen LogP contribution is -2.26. The Labute approximate surface area is 232 Å². The van der Waals surface area contributed by atoms with Crippen molar-refractivity contribution in [3.63, 3.8) is 0 Å². The van der Waals surface area contributed by atoms with Crippen molar-refractivity contribution in [2.45, 2.75) is 38.6 Å². The maximum absolute atomic E-state index is 13.4. The van der Waals surface area contributed by atoms with Crippen LogP contribution in [0.4, 0.5) is 14.5 Å². The van der Waals surface area contributed by atoms with Crippen molar-refractivity contribution in [3.8, 4) is 22.9 Å². The molecular formula is C29H24F2N4O6. The normalized spacial score (nSPS) is 16.6. The number of halogens is 2. The summed E-state index contributed by atoms with van der Waals surface area (Å²) >= 11 is 0. The van der Waals surface area contributed by atoms with E-state index in [0.717, 1.165) is 29.8 Å². The largest absolute Gasteiger partial charge is 0.586 e. The van der Waals surface area contributed by atoms with E-state index in [1.54, 1.807) is 28.9 Å². The van der Waals surface area contributed by atoms with Gasteiger partial charge in [-0.2, -0.15) is 5.10 Å². The second kappa shape index (κ2) is 9.88. The van der Waals surface area contributed by atoms with Gasteiger partial charge in [0, 0.05) is 29.9 Å². The van der Waals surface area contributed by atoms with Gasteiger partial charge in [0.1, 0.15) is 17.5 Å². The Bertz CT molecular complexity index is 1670. The quantitative estimate of drug-likeness (QED) is 0.335. The molecule has 0 fully saturated rings. The molecule has 4 aromatic rings. The van der Waals surface area contributed by atoms with Crippen molar-refractivity contribution < 1.29 is 37.7 Å². The Morgan fingerprint density at radius 1 is 1.12 bits per heavy atom. The molecule has 0 saturated heterocycles. The lowest BCUT2D eigenvalue weighted by molar-refractivity contribution is -0.286. The molecule has 41 heavy (non-hydrogen) atoms. The van der Waals surface area contributed by atoms with Crippen LogP contribution in [-0.4, -0.2) is 45.1 Å². The second-order valence-electron chi connectivity index (χ2n) is 9.76. The number of carbonyl (C=O) groups is 2. The zero-order valence-corrected chi connectivity index (χ0v) is 22.0. The van der Waals surface area contributed by atoms with E-state index >= 15 is 0 Å². The number of alkyl halides is 2. The number of amides is 1. The Balaban J connectivity index is 1.29. The second-order valence-corrected chi connectivity index (χ2v) is 9.76. The average Bonchev–Trinajstić information content (AvgIpc) is 3.47. The van der Waals surface area contributed by atoms with E-state index in [0.29, 0.717) is 29.1 Å². The highest BCUT2D eigenvalue weighted by Crippen LogP contribution is 2.43. The first kappa shape index (κ1) is 26.2. The van der Waals surface area contributed by atoms with Crippen LogP contribution in [0.2, 0.25) is 0 Å². The number of fused-ring (bicyclic) bond motifs is 2. The Morgan fingerprint density at radius 2 is 1.93 bits per heavy atom. The van der Waals surface area contributed by atoms with Gasteiger partial charge in [-0.05, 0) is 68.7 Å². The van der Waals surface area contributed by atoms with Gasteiger partial charge < -0.3 is 24.2 Å². The van der Waals surface area contributed by atoms with E-state index in [1.165, 1.54) is 42.4 Å². The monoisotopic (exact) mass is 562 g/mol. The van der Waals surface area contributed by atoms with Gasteiger partial charge in [-0.25, -0.2) is 14.5 Å². The van der Waals surface area contributed by atoms with Gasteiger partial charge >= 0.3 is 12.3 Å². The SMILES string of the molecule is Cc1nn(-c2cccc(C(=O)N(C)c3ccc4c(c3)OC(F)(F)O4)c2)c2c1CCC[C@@H]2Oc1ccc(C(=O)O)nc1. The molecule has 10 nitrogen and oxygen atoms in total. The van der Waals surface area contributed by atoms with Gasteiger partial charge in [0.25, 0.3) is 5.91 Å². The van der Waals surface area contributed by atoms with Crippen molar-refractivity contribution in [2.75, 3.05) is 11.9 Å². The molecule has 0 radical (unpaired) electrons. The molecule has 2 aromatic carbocycles. The summed E-state index contributed by atoms with van der Waals surface area (Å²) in [5.74, 6) is -1.31. The standard InChI is InChI=1S/C29H24F2N4O6/c1-16-21-7-4-8-24(39-20-10-11-22(28(37)38)32-15-20)26(21)35(33-16)19-6-3-5-17(13-19)27(36)34(2)18-9-12-23-25(14-18)41-29(30,31)40-23/h3,5-6,9-15,24H,4,7-8H2,1-2H3,(H,37,38)/t24-/m0/s1. The third-order valence-electron chi connectivity index (χ3n) is 7.07. The summed E-state index contributed by atoms with van der Waals surface area (Å²) < 4.78 is 43.9. The van der Waals surface area contributed by atoms with Gasteiger partial charge in [0.2, 0.25) is 0 Å². The number of carboxylic acid groups (broad SMARTS) is 1. The number of hydrogen-bond acceptors (Lipinski definition) is 7.